The highest BCUT2D eigenvalue weighted by Gasteiger charge is 2.20. The van der Waals surface area contributed by atoms with E-state index in [4.69, 9.17) is 10.3 Å². The van der Waals surface area contributed by atoms with Crippen LogP contribution in [0.25, 0.3) is 11.4 Å². The third-order valence-corrected chi connectivity index (χ3v) is 3.33. The third-order valence-electron chi connectivity index (χ3n) is 3.33. The predicted octanol–water partition coefficient (Wildman–Crippen LogP) is 2.89. The lowest BCUT2D eigenvalue weighted by molar-refractivity contribution is 0.340. The van der Waals surface area contributed by atoms with Gasteiger partial charge in [-0.05, 0) is 18.9 Å². The van der Waals surface area contributed by atoms with Crippen LogP contribution in [-0.4, -0.2) is 16.2 Å². The Bertz CT molecular complexity index is 521. The minimum atomic E-state index is 0.0511. The van der Waals surface area contributed by atoms with E-state index >= 15 is 0 Å². The van der Waals surface area contributed by atoms with Gasteiger partial charge in [0.15, 0.2) is 0 Å². The number of nitrogens with two attached hydrogens (primary N) is 1. The molecule has 0 spiro atoms. The van der Waals surface area contributed by atoms with Gasteiger partial charge in [0.25, 0.3) is 0 Å². The van der Waals surface area contributed by atoms with Crippen LogP contribution in [0.15, 0.2) is 28.8 Å². The molecule has 4 nitrogen and oxygen atoms in total. The van der Waals surface area contributed by atoms with E-state index in [-0.39, 0.29) is 12.0 Å². The summed E-state index contributed by atoms with van der Waals surface area (Å²) in [6.07, 6.45) is 0.892. The van der Waals surface area contributed by atoms with Gasteiger partial charge in [0.05, 0.1) is 5.92 Å². The van der Waals surface area contributed by atoms with Crippen molar-refractivity contribution in [3.63, 3.8) is 0 Å². The fraction of sp³-hybridized carbons (Fsp3) is 0.429. The van der Waals surface area contributed by atoms with E-state index in [9.17, 15) is 0 Å². The smallest absolute Gasteiger partial charge is 0.231 e. The van der Waals surface area contributed by atoms with Gasteiger partial charge in [-0.2, -0.15) is 4.98 Å². The number of aryl methyl sites for hydroxylation is 1. The van der Waals surface area contributed by atoms with Crippen LogP contribution < -0.4 is 5.73 Å². The second-order valence-electron chi connectivity index (χ2n) is 4.63. The van der Waals surface area contributed by atoms with Gasteiger partial charge in [-0.25, -0.2) is 0 Å². The van der Waals surface area contributed by atoms with Gasteiger partial charge in [-0.15, -0.1) is 0 Å². The van der Waals surface area contributed by atoms with Crippen molar-refractivity contribution < 1.29 is 4.52 Å². The lowest BCUT2D eigenvalue weighted by Crippen LogP contribution is -2.25. The van der Waals surface area contributed by atoms with Gasteiger partial charge >= 0.3 is 0 Å². The predicted molar refractivity (Wildman–Crippen MR) is 71.2 cm³/mol. The van der Waals surface area contributed by atoms with Crippen LogP contribution in [0.1, 0.15) is 37.6 Å². The largest absolute Gasteiger partial charge is 0.339 e. The summed E-state index contributed by atoms with van der Waals surface area (Å²) < 4.78 is 5.32. The summed E-state index contributed by atoms with van der Waals surface area (Å²) in [7, 11) is 0. The van der Waals surface area contributed by atoms with Crippen molar-refractivity contribution in [1.82, 2.24) is 10.1 Å². The summed E-state index contributed by atoms with van der Waals surface area (Å²) in [5.74, 6) is 1.33. The number of hydrogen-bond acceptors (Lipinski definition) is 4. The average Bonchev–Trinajstić information content (AvgIpc) is 2.87. The highest BCUT2D eigenvalue weighted by atomic mass is 16.5. The molecule has 0 fully saturated rings. The summed E-state index contributed by atoms with van der Waals surface area (Å²) in [6.45, 7) is 6.11. The van der Waals surface area contributed by atoms with Gasteiger partial charge in [0.2, 0.25) is 11.7 Å². The summed E-state index contributed by atoms with van der Waals surface area (Å²) in [5, 5.41) is 4.04. The van der Waals surface area contributed by atoms with Crippen LogP contribution >= 0.6 is 0 Å². The molecule has 1 aromatic carbocycles. The second kappa shape index (κ2) is 5.31. The molecule has 2 atom stereocenters. The molecule has 2 rings (SSSR count). The SMILES string of the molecule is CCC(N)C(C)c1nc(-c2ccccc2C)no1. The average molecular weight is 245 g/mol. The molecular formula is C14H19N3O. The molecule has 2 aromatic rings. The van der Waals surface area contributed by atoms with E-state index in [1.165, 1.54) is 0 Å². The lowest BCUT2D eigenvalue weighted by Gasteiger charge is -2.13. The van der Waals surface area contributed by atoms with Gasteiger partial charge in [0, 0.05) is 11.6 Å². The van der Waals surface area contributed by atoms with Crippen molar-refractivity contribution in [1.29, 1.82) is 0 Å². The molecule has 2 N–H and O–H groups in total. The van der Waals surface area contributed by atoms with Crippen LogP contribution in [0.4, 0.5) is 0 Å². The Morgan fingerprint density at radius 3 is 2.72 bits per heavy atom. The molecule has 0 amide bonds. The van der Waals surface area contributed by atoms with E-state index in [1.807, 2.05) is 38.1 Å². The van der Waals surface area contributed by atoms with Gasteiger partial charge in [-0.1, -0.05) is 43.3 Å². The lowest BCUT2D eigenvalue weighted by atomic mass is 10.0. The fourth-order valence-corrected chi connectivity index (χ4v) is 1.89. The van der Waals surface area contributed by atoms with E-state index in [2.05, 4.69) is 17.1 Å². The molecule has 2 unspecified atom stereocenters. The highest BCUT2D eigenvalue weighted by molar-refractivity contribution is 5.58. The molecule has 0 radical (unpaired) electrons. The minimum Gasteiger partial charge on any atom is -0.339 e. The first-order valence-electron chi connectivity index (χ1n) is 6.28. The van der Waals surface area contributed by atoms with Crippen LogP contribution in [0.5, 0.6) is 0 Å². The number of nitrogens with zero attached hydrogens (tertiary/aromatic N) is 2. The molecule has 0 aliphatic rings. The Morgan fingerprint density at radius 2 is 2.06 bits per heavy atom. The van der Waals surface area contributed by atoms with Gasteiger partial charge in [-0.3, -0.25) is 0 Å². The molecule has 1 heterocycles. The van der Waals surface area contributed by atoms with Crippen LogP contribution in [0.2, 0.25) is 0 Å². The van der Waals surface area contributed by atoms with Crippen LogP contribution in [0.3, 0.4) is 0 Å². The molecule has 96 valence electrons. The third kappa shape index (κ3) is 2.43. The van der Waals surface area contributed by atoms with Crippen molar-refractivity contribution in [3.05, 3.63) is 35.7 Å². The summed E-state index contributed by atoms with van der Waals surface area (Å²) >= 11 is 0. The molecule has 0 aliphatic carbocycles. The van der Waals surface area contributed by atoms with Crippen molar-refractivity contribution in [3.8, 4) is 11.4 Å². The zero-order valence-electron chi connectivity index (χ0n) is 11.1. The first-order valence-corrected chi connectivity index (χ1v) is 6.28. The zero-order valence-corrected chi connectivity index (χ0v) is 11.1. The van der Waals surface area contributed by atoms with E-state index in [0.717, 1.165) is 17.5 Å². The molecule has 1 aromatic heterocycles. The molecule has 0 bridgehead atoms. The summed E-state index contributed by atoms with van der Waals surface area (Å²) in [5.41, 5.74) is 8.14. The van der Waals surface area contributed by atoms with Crippen LogP contribution in [0, 0.1) is 6.92 Å². The molecule has 0 saturated carbocycles. The Kier molecular flexibility index (Phi) is 3.77. The molecule has 18 heavy (non-hydrogen) atoms. The standard InChI is InChI=1S/C14H19N3O/c1-4-12(15)10(3)14-16-13(17-18-14)11-8-6-5-7-9(11)2/h5-8,10,12H,4,15H2,1-3H3. The van der Waals surface area contributed by atoms with Gasteiger partial charge < -0.3 is 10.3 Å². The monoisotopic (exact) mass is 245 g/mol. The Balaban J connectivity index is 2.29. The van der Waals surface area contributed by atoms with Crippen LogP contribution in [-0.2, 0) is 0 Å². The maximum atomic E-state index is 6.00. The number of aromatic nitrogens is 2. The number of rotatable bonds is 4. The fourth-order valence-electron chi connectivity index (χ4n) is 1.89. The quantitative estimate of drug-likeness (QED) is 0.899. The highest BCUT2D eigenvalue weighted by Crippen LogP contribution is 2.24. The van der Waals surface area contributed by atoms with Crippen molar-refractivity contribution >= 4 is 0 Å². The summed E-state index contributed by atoms with van der Waals surface area (Å²) in [4.78, 5) is 4.45. The maximum absolute atomic E-state index is 6.00. The van der Waals surface area contributed by atoms with Crippen molar-refractivity contribution in [2.75, 3.05) is 0 Å². The first kappa shape index (κ1) is 12.8. The Labute approximate surface area is 107 Å². The van der Waals surface area contributed by atoms with E-state index < -0.39 is 0 Å². The normalized spacial score (nSPS) is 14.4. The maximum Gasteiger partial charge on any atom is 0.231 e. The molecule has 0 aliphatic heterocycles. The number of hydrogen-bond donors (Lipinski definition) is 1. The molecule has 0 saturated heterocycles. The molecule has 4 heteroatoms. The summed E-state index contributed by atoms with van der Waals surface area (Å²) in [6, 6.07) is 8.05. The van der Waals surface area contributed by atoms with E-state index in [0.29, 0.717) is 11.7 Å². The zero-order chi connectivity index (χ0) is 13.1. The minimum absolute atomic E-state index is 0.0511. The Hall–Kier alpha value is -1.68. The second-order valence-corrected chi connectivity index (χ2v) is 4.63. The number of benzene rings is 1. The molecular weight excluding hydrogens is 226 g/mol. The topological polar surface area (TPSA) is 64.9 Å². The van der Waals surface area contributed by atoms with Gasteiger partial charge in [0.1, 0.15) is 0 Å². The Morgan fingerprint density at radius 1 is 1.33 bits per heavy atom. The van der Waals surface area contributed by atoms with Crippen molar-refractivity contribution in [2.45, 2.75) is 39.2 Å². The van der Waals surface area contributed by atoms with Crippen molar-refractivity contribution in [2.24, 2.45) is 5.73 Å². The first-order chi connectivity index (χ1) is 8.63. The van der Waals surface area contributed by atoms with E-state index in [1.54, 1.807) is 0 Å².